The van der Waals surface area contributed by atoms with E-state index in [4.69, 9.17) is 16.6 Å². The molecule has 150 valence electrons. The van der Waals surface area contributed by atoms with Gasteiger partial charge in [0, 0.05) is 37.8 Å². The van der Waals surface area contributed by atoms with E-state index >= 15 is 0 Å². The van der Waals surface area contributed by atoms with Crippen molar-refractivity contribution in [3.8, 4) is 11.4 Å². The van der Waals surface area contributed by atoms with Crippen LogP contribution in [0, 0.1) is 0 Å². The number of nitrogens with one attached hydrogen (secondary N) is 1. The van der Waals surface area contributed by atoms with Crippen LogP contribution in [0.5, 0.6) is 0 Å². The van der Waals surface area contributed by atoms with E-state index in [-0.39, 0.29) is 24.3 Å². The van der Waals surface area contributed by atoms with Crippen LogP contribution in [-0.4, -0.2) is 50.7 Å². The fourth-order valence-electron chi connectivity index (χ4n) is 3.72. The van der Waals surface area contributed by atoms with E-state index in [9.17, 15) is 9.59 Å². The second-order valence-electron chi connectivity index (χ2n) is 7.26. The minimum atomic E-state index is -0.200. The number of piperidine rings is 1. The maximum Gasteiger partial charge on any atom is 0.241 e. The highest BCUT2D eigenvalue weighted by Gasteiger charge is 2.26. The van der Waals surface area contributed by atoms with Crippen LogP contribution in [0.2, 0.25) is 5.02 Å². The normalized spacial score (nSPS) is 16.8. The first kappa shape index (κ1) is 19.4. The minimum absolute atomic E-state index is 0.0398. The summed E-state index contributed by atoms with van der Waals surface area (Å²) < 4.78 is 1.93. The Bertz CT molecular complexity index is 1060. The lowest BCUT2D eigenvalue weighted by Crippen LogP contribution is -2.44. The highest BCUT2D eigenvalue weighted by molar-refractivity contribution is 6.30. The van der Waals surface area contributed by atoms with E-state index in [1.165, 1.54) is 6.92 Å². The lowest BCUT2D eigenvalue weighted by molar-refractivity contribution is -0.133. The van der Waals surface area contributed by atoms with Crippen LogP contribution in [0.15, 0.2) is 42.7 Å². The molecule has 0 unspecified atom stereocenters. The number of carbonyl (C=O) groups is 2. The molecule has 1 saturated heterocycles. The number of carbonyl (C=O) groups excluding carboxylic acids is 2. The minimum Gasteiger partial charge on any atom is -0.347 e. The van der Waals surface area contributed by atoms with Gasteiger partial charge in [0.2, 0.25) is 11.8 Å². The van der Waals surface area contributed by atoms with Crippen molar-refractivity contribution in [2.75, 3.05) is 19.6 Å². The Hall–Kier alpha value is -2.93. The molecule has 1 aliphatic rings. The van der Waals surface area contributed by atoms with E-state index < -0.39 is 0 Å². The van der Waals surface area contributed by atoms with Gasteiger partial charge in [-0.2, -0.15) is 0 Å². The Morgan fingerprint density at radius 3 is 2.97 bits per heavy atom. The zero-order valence-electron chi connectivity index (χ0n) is 16.1. The maximum atomic E-state index is 12.4. The third-order valence-corrected chi connectivity index (χ3v) is 5.41. The molecule has 1 fully saturated rings. The molecule has 1 aliphatic heterocycles. The number of hydrogen-bond donors (Lipinski definition) is 1. The molecule has 0 radical (unpaired) electrons. The van der Waals surface area contributed by atoms with Crippen LogP contribution in [0.3, 0.4) is 0 Å². The predicted molar refractivity (Wildman–Crippen MR) is 111 cm³/mol. The van der Waals surface area contributed by atoms with E-state index in [1.807, 2.05) is 45.8 Å². The molecule has 0 saturated carbocycles. The number of likely N-dealkylation sites (tertiary alicyclic amines) is 1. The van der Waals surface area contributed by atoms with Crippen LogP contribution < -0.4 is 5.32 Å². The van der Waals surface area contributed by atoms with Gasteiger partial charge in [-0.25, -0.2) is 4.98 Å². The molecule has 8 heteroatoms. The van der Waals surface area contributed by atoms with Gasteiger partial charge in [-0.1, -0.05) is 17.7 Å². The highest BCUT2D eigenvalue weighted by atomic mass is 35.5. The summed E-state index contributed by atoms with van der Waals surface area (Å²) in [6, 6.07) is 9.63. The van der Waals surface area contributed by atoms with Gasteiger partial charge in [0.25, 0.3) is 0 Å². The molecular weight excluding hydrogens is 390 g/mol. The smallest absolute Gasteiger partial charge is 0.241 e. The van der Waals surface area contributed by atoms with E-state index in [0.717, 1.165) is 35.6 Å². The van der Waals surface area contributed by atoms with Gasteiger partial charge in [0.1, 0.15) is 5.65 Å². The third kappa shape index (κ3) is 4.24. The predicted octanol–water partition coefficient (Wildman–Crippen LogP) is 2.89. The monoisotopic (exact) mass is 411 g/mol. The van der Waals surface area contributed by atoms with Crippen LogP contribution in [0.1, 0.15) is 31.4 Å². The molecule has 1 atom stereocenters. The van der Waals surface area contributed by atoms with Crippen molar-refractivity contribution in [2.24, 2.45) is 0 Å². The Morgan fingerprint density at radius 2 is 2.14 bits per heavy atom. The second kappa shape index (κ2) is 8.21. The molecule has 29 heavy (non-hydrogen) atoms. The Labute approximate surface area is 173 Å². The molecule has 0 spiro atoms. The van der Waals surface area contributed by atoms with Crippen molar-refractivity contribution < 1.29 is 9.59 Å². The molecule has 3 aromatic rings. The first-order chi connectivity index (χ1) is 14.0. The lowest BCUT2D eigenvalue weighted by Gasteiger charge is -2.32. The SMILES string of the molecule is CC(=O)NCC(=O)N1CCC[C@H](c2cccc(-c3cnc4ccc(Cl)cn34)n2)C1. The van der Waals surface area contributed by atoms with Crippen LogP contribution in [0.4, 0.5) is 0 Å². The summed E-state index contributed by atoms with van der Waals surface area (Å²) in [4.78, 5) is 34.6. The summed E-state index contributed by atoms with van der Waals surface area (Å²) in [5.74, 6) is -0.0975. The second-order valence-corrected chi connectivity index (χ2v) is 7.69. The Morgan fingerprint density at radius 1 is 1.28 bits per heavy atom. The zero-order valence-corrected chi connectivity index (χ0v) is 16.9. The molecule has 0 aromatic carbocycles. The first-order valence-electron chi connectivity index (χ1n) is 9.63. The van der Waals surface area contributed by atoms with Gasteiger partial charge in [0.15, 0.2) is 0 Å². The summed E-state index contributed by atoms with van der Waals surface area (Å²) in [6.45, 7) is 2.77. The molecule has 1 N–H and O–H groups in total. The summed E-state index contributed by atoms with van der Waals surface area (Å²) >= 11 is 6.15. The van der Waals surface area contributed by atoms with Crippen LogP contribution in [0.25, 0.3) is 17.0 Å². The fourth-order valence-corrected chi connectivity index (χ4v) is 3.88. The van der Waals surface area contributed by atoms with Crippen molar-refractivity contribution in [1.82, 2.24) is 24.6 Å². The maximum absolute atomic E-state index is 12.4. The standard InChI is InChI=1S/C21H22ClN5O2/c1-14(28)23-11-21(29)26-9-3-4-15(12-26)17-5-2-6-18(25-17)19-10-24-20-8-7-16(22)13-27(19)20/h2,5-8,10,13,15H,3-4,9,11-12H2,1H3,(H,23,28)/t15-/m0/s1. The number of nitrogens with zero attached hydrogens (tertiary/aromatic N) is 4. The van der Waals surface area contributed by atoms with Crippen LogP contribution in [-0.2, 0) is 9.59 Å². The van der Waals surface area contributed by atoms with Crippen molar-refractivity contribution in [3.63, 3.8) is 0 Å². The average Bonchev–Trinajstić information content (AvgIpc) is 3.15. The largest absolute Gasteiger partial charge is 0.347 e. The average molecular weight is 412 g/mol. The van der Waals surface area contributed by atoms with Gasteiger partial charge in [-0.3, -0.25) is 19.0 Å². The van der Waals surface area contributed by atoms with Gasteiger partial charge in [-0.15, -0.1) is 0 Å². The number of hydrogen-bond acceptors (Lipinski definition) is 4. The van der Waals surface area contributed by atoms with E-state index in [1.54, 1.807) is 6.20 Å². The topological polar surface area (TPSA) is 79.6 Å². The molecule has 7 nitrogen and oxygen atoms in total. The molecule has 3 aromatic heterocycles. The van der Waals surface area contributed by atoms with Gasteiger partial charge < -0.3 is 10.2 Å². The molecular formula is C21H22ClN5O2. The molecule has 0 aliphatic carbocycles. The number of pyridine rings is 2. The summed E-state index contributed by atoms with van der Waals surface area (Å²) in [5.41, 5.74) is 3.46. The summed E-state index contributed by atoms with van der Waals surface area (Å²) in [7, 11) is 0. The quantitative estimate of drug-likeness (QED) is 0.715. The number of aromatic nitrogens is 3. The number of imidazole rings is 1. The Balaban J connectivity index is 1.56. The fraction of sp³-hybridized carbons (Fsp3) is 0.333. The van der Waals surface area contributed by atoms with Crippen molar-refractivity contribution in [2.45, 2.75) is 25.7 Å². The number of halogens is 1. The molecule has 0 bridgehead atoms. The molecule has 4 rings (SSSR count). The van der Waals surface area contributed by atoms with E-state index in [0.29, 0.717) is 18.1 Å². The highest BCUT2D eigenvalue weighted by Crippen LogP contribution is 2.28. The number of fused-ring (bicyclic) bond motifs is 1. The van der Waals surface area contributed by atoms with E-state index in [2.05, 4.69) is 10.3 Å². The van der Waals surface area contributed by atoms with Gasteiger partial charge in [0.05, 0.1) is 29.2 Å². The van der Waals surface area contributed by atoms with Gasteiger partial charge >= 0.3 is 0 Å². The molecule has 2 amide bonds. The Kier molecular flexibility index (Phi) is 5.49. The summed E-state index contributed by atoms with van der Waals surface area (Å²) in [5, 5.41) is 3.21. The zero-order chi connectivity index (χ0) is 20.4. The number of amides is 2. The number of rotatable bonds is 4. The van der Waals surface area contributed by atoms with Crippen molar-refractivity contribution in [3.05, 3.63) is 53.4 Å². The lowest BCUT2D eigenvalue weighted by atomic mass is 9.94. The van der Waals surface area contributed by atoms with Crippen molar-refractivity contribution in [1.29, 1.82) is 0 Å². The van der Waals surface area contributed by atoms with Crippen molar-refractivity contribution >= 4 is 29.1 Å². The van der Waals surface area contributed by atoms with Crippen LogP contribution >= 0.6 is 11.6 Å². The van der Waals surface area contributed by atoms with Gasteiger partial charge in [-0.05, 0) is 37.1 Å². The summed E-state index contributed by atoms with van der Waals surface area (Å²) in [6.07, 6.45) is 5.51. The molecule has 4 heterocycles. The first-order valence-corrected chi connectivity index (χ1v) is 10.0. The third-order valence-electron chi connectivity index (χ3n) is 5.18.